The third-order valence-electron chi connectivity index (χ3n) is 2.76. The van der Waals surface area contributed by atoms with Gasteiger partial charge >= 0.3 is 6.03 Å². The minimum atomic E-state index is -0.211. The maximum Gasteiger partial charge on any atom is 0.319 e. The van der Waals surface area contributed by atoms with Crippen molar-refractivity contribution >= 4 is 33.3 Å². The number of amides is 2. The second kappa shape index (κ2) is 9.59. The zero-order valence-corrected chi connectivity index (χ0v) is 14.2. The molecule has 1 rings (SSSR count). The molecule has 1 unspecified atom stereocenters. The monoisotopic (exact) mass is 323 g/mol. The Bertz CT molecular complexity index is 500. The number of nitrogens with zero attached hydrogens (tertiary/aromatic N) is 1. The SMILES string of the molecule is CSSCC(CC#N)c1cccc(NC(=O)NC(C)C)c1. The fourth-order valence-corrected chi connectivity index (χ4v) is 3.34. The van der Waals surface area contributed by atoms with E-state index in [4.69, 9.17) is 5.26 Å². The minimum Gasteiger partial charge on any atom is -0.336 e. The number of hydrogen-bond acceptors (Lipinski definition) is 4. The van der Waals surface area contributed by atoms with E-state index < -0.39 is 0 Å². The lowest BCUT2D eigenvalue weighted by Gasteiger charge is -2.15. The zero-order chi connectivity index (χ0) is 15.7. The summed E-state index contributed by atoms with van der Waals surface area (Å²) in [4.78, 5) is 11.7. The normalized spacial score (nSPS) is 11.8. The number of benzene rings is 1. The molecule has 0 aliphatic heterocycles. The number of rotatable bonds is 7. The molecule has 1 aromatic rings. The molecule has 0 aliphatic rings. The van der Waals surface area contributed by atoms with Crippen LogP contribution in [0.5, 0.6) is 0 Å². The molecule has 0 aliphatic carbocycles. The van der Waals surface area contributed by atoms with Crippen LogP contribution in [0.2, 0.25) is 0 Å². The van der Waals surface area contributed by atoms with Gasteiger partial charge in [-0.1, -0.05) is 33.7 Å². The Labute approximate surface area is 134 Å². The molecule has 2 amide bonds. The van der Waals surface area contributed by atoms with Crippen LogP contribution in [0.3, 0.4) is 0 Å². The fraction of sp³-hybridized carbons (Fsp3) is 0.467. The van der Waals surface area contributed by atoms with Gasteiger partial charge in [-0.05, 0) is 37.8 Å². The van der Waals surface area contributed by atoms with Crippen molar-refractivity contribution in [1.29, 1.82) is 5.26 Å². The first-order valence-corrected chi connectivity index (χ1v) is 9.49. The predicted octanol–water partition coefficient (Wildman–Crippen LogP) is 4.22. The van der Waals surface area contributed by atoms with Crippen LogP contribution in [-0.2, 0) is 0 Å². The highest BCUT2D eigenvalue weighted by Crippen LogP contribution is 2.30. The van der Waals surface area contributed by atoms with Crippen LogP contribution in [0.15, 0.2) is 24.3 Å². The summed E-state index contributed by atoms with van der Waals surface area (Å²) in [6.07, 6.45) is 2.51. The molecule has 6 heteroatoms. The lowest BCUT2D eigenvalue weighted by atomic mass is 9.98. The van der Waals surface area contributed by atoms with Gasteiger partial charge in [0.1, 0.15) is 0 Å². The molecule has 0 spiro atoms. The van der Waals surface area contributed by atoms with Gasteiger partial charge in [-0.25, -0.2) is 4.79 Å². The van der Waals surface area contributed by atoms with Gasteiger partial charge in [0, 0.05) is 29.8 Å². The molecule has 0 radical (unpaired) electrons. The van der Waals surface area contributed by atoms with Crippen molar-refractivity contribution in [2.24, 2.45) is 0 Å². The van der Waals surface area contributed by atoms with E-state index in [1.807, 2.05) is 44.4 Å². The Hall–Kier alpha value is -1.32. The highest BCUT2D eigenvalue weighted by atomic mass is 33.1. The molecule has 21 heavy (non-hydrogen) atoms. The van der Waals surface area contributed by atoms with Crippen LogP contribution in [0, 0.1) is 11.3 Å². The van der Waals surface area contributed by atoms with Crippen molar-refractivity contribution in [3.8, 4) is 6.07 Å². The molecule has 0 bridgehead atoms. The Morgan fingerprint density at radius 1 is 1.43 bits per heavy atom. The molecule has 0 heterocycles. The molecule has 2 N–H and O–H groups in total. The van der Waals surface area contributed by atoms with Gasteiger partial charge in [0.25, 0.3) is 0 Å². The van der Waals surface area contributed by atoms with Gasteiger partial charge in [0.15, 0.2) is 0 Å². The summed E-state index contributed by atoms with van der Waals surface area (Å²) < 4.78 is 0. The molecular weight excluding hydrogens is 302 g/mol. The van der Waals surface area contributed by atoms with E-state index in [1.54, 1.807) is 21.6 Å². The summed E-state index contributed by atoms with van der Waals surface area (Å²) >= 11 is 0. The highest BCUT2D eigenvalue weighted by Gasteiger charge is 2.12. The smallest absolute Gasteiger partial charge is 0.319 e. The Morgan fingerprint density at radius 2 is 2.19 bits per heavy atom. The molecule has 4 nitrogen and oxygen atoms in total. The summed E-state index contributed by atoms with van der Waals surface area (Å²) in [5.74, 6) is 1.07. The van der Waals surface area contributed by atoms with Crippen LogP contribution >= 0.6 is 21.6 Å². The molecule has 0 aromatic heterocycles. The van der Waals surface area contributed by atoms with Gasteiger partial charge in [0.2, 0.25) is 0 Å². The number of carbonyl (C=O) groups excluding carboxylic acids is 1. The number of urea groups is 1. The van der Waals surface area contributed by atoms with Crippen LogP contribution in [0.25, 0.3) is 0 Å². The maximum atomic E-state index is 11.7. The number of carbonyl (C=O) groups is 1. The van der Waals surface area contributed by atoms with Gasteiger partial charge in [-0.15, -0.1) is 0 Å². The first-order chi connectivity index (χ1) is 10.1. The maximum absolute atomic E-state index is 11.7. The number of nitrogens with one attached hydrogen (secondary N) is 2. The van der Waals surface area contributed by atoms with E-state index in [0.29, 0.717) is 6.42 Å². The van der Waals surface area contributed by atoms with Crippen molar-refractivity contribution in [2.45, 2.75) is 32.2 Å². The summed E-state index contributed by atoms with van der Waals surface area (Å²) in [5.41, 5.74) is 1.84. The van der Waals surface area contributed by atoms with Crippen molar-refractivity contribution < 1.29 is 4.79 Å². The van der Waals surface area contributed by atoms with E-state index in [9.17, 15) is 4.79 Å². The van der Waals surface area contributed by atoms with Crippen LogP contribution in [0.1, 0.15) is 31.7 Å². The van der Waals surface area contributed by atoms with E-state index in [1.165, 1.54) is 0 Å². The van der Waals surface area contributed by atoms with Gasteiger partial charge < -0.3 is 10.6 Å². The number of anilines is 1. The Balaban J connectivity index is 2.77. The Morgan fingerprint density at radius 3 is 2.81 bits per heavy atom. The van der Waals surface area contributed by atoms with E-state index in [0.717, 1.165) is 17.0 Å². The molecule has 0 saturated carbocycles. The second-order valence-corrected chi connectivity index (χ2v) is 7.50. The molecule has 1 aromatic carbocycles. The fourth-order valence-electron chi connectivity index (χ4n) is 1.83. The predicted molar refractivity (Wildman–Crippen MR) is 92.7 cm³/mol. The number of hydrogen-bond donors (Lipinski definition) is 2. The van der Waals surface area contributed by atoms with Crippen LogP contribution in [-0.4, -0.2) is 24.1 Å². The highest BCUT2D eigenvalue weighted by molar-refractivity contribution is 8.76. The lowest BCUT2D eigenvalue weighted by Crippen LogP contribution is -2.34. The lowest BCUT2D eigenvalue weighted by molar-refractivity contribution is 0.250. The van der Waals surface area contributed by atoms with Gasteiger partial charge in [0.05, 0.1) is 6.07 Å². The molecule has 114 valence electrons. The van der Waals surface area contributed by atoms with Crippen molar-refractivity contribution in [1.82, 2.24) is 5.32 Å². The molecular formula is C15H21N3OS2. The van der Waals surface area contributed by atoms with E-state index in [-0.39, 0.29) is 18.0 Å². The summed E-state index contributed by atoms with van der Waals surface area (Å²) in [6, 6.07) is 9.85. The molecule has 0 saturated heterocycles. The van der Waals surface area contributed by atoms with Crippen molar-refractivity contribution in [3.63, 3.8) is 0 Å². The summed E-state index contributed by atoms with van der Waals surface area (Å²) in [5, 5.41) is 14.6. The minimum absolute atomic E-state index is 0.0949. The molecule has 0 fully saturated rings. The van der Waals surface area contributed by atoms with E-state index in [2.05, 4.69) is 16.7 Å². The summed E-state index contributed by atoms with van der Waals surface area (Å²) in [6.45, 7) is 3.83. The average Bonchev–Trinajstić information content (AvgIpc) is 2.42. The van der Waals surface area contributed by atoms with Crippen molar-refractivity contribution in [3.05, 3.63) is 29.8 Å². The van der Waals surface area contributed by atoms with Gasteiger partial charge in [-0.3, -0.25) is 0 Å². The number of nitriles is 1. The molecule has 1 atom stereocenters. The zero-order valence-electron chi connectivity index (χ0n) is 12.6. The second-order valence-electron chi connectivity index (χ2n) is 4.89. The van der Waals surface area contributed by atoms with Crippen LogP contribution < -0.4 is 10.6 Å². The summed E-state index contributed by atoms with van der Waals surface area (Å²) in [7, 11) is 3.44. The van der Waals surface area contributed by atoms with Gasteiger partial charge in [-0.2, -0.15) is 5.26 Å². The van der Waals surface area contributed by atoms with Crippen LogP contribution in [0.4, 0.5) is 10.5 Å². The largest absolute Gasteiger partial charge is 0.336 e. The first-order valence-electron chi connectivity index (χ1n) is 6.76. The standard InChI is InChI=1S/C15H21N3OS2/c1-11(2)17-15(19)18-14-6-4-5-12(9-14)13(7-8-16)10-21-20-3/h4-6,9,11,13H,7,10H2,1-3H3,(H2,17,18,19). The average molecular weight is 323 g/mol. The topological polar surface area (TPSA) is 64.9 Å². The first kappa shape index (κ1) is 17.7. The third-order valence-corrected chi connectivity index (χ3v) is 4.65. The van der Waals surface area contributed by atoms with E-state index >= 15 is 0 Å². The van der Waals surface area contributed by atoms with Crippen molar-refractivity contribution in [2.75, 3.05) is 17.3 Å². The quantitative estimate of drug-likeness (QED) is 0.737. The third kappa shape index (κ3) is 6.78. The Kier molecular flexibility index (Phi) is 8.09.